The van der Waals surface area contributed by atoms with Gasteiger partial charge in [-0.3, -0.25) is 9.36 Å². The number of benzene rings is 2. The SMILES string of the molecule is CCC1CC(c2ccc(Nc3nc(Nc4ccccc4OC)ncc3C(F)(F)F)c3c2CN(C)C3=O)CCC1(CC)P(=O)(O)O. The Labute approximate surface area is 259 Å². The van der Waals surface area contributed by atoms with Crippen molar-refractivity contribution in [1.82, 2.24) is 14.9 Å². The molecule has 3 aromatic rings. The number of carbonyl (C=O) groups is 1. The summed E-state index contributed by atoms with van der Waals surface area (Å²) >= 11 is 0. The quantitative estimate of drug-likeness (QED) is 0.178. The molecule has 5 rings (SSSR count). The fraction of sp³-hybridized carbons (Fsp3) is 0.452. The van der Waals surface area contributed by atoms with Crippen LogP contribution in [0.5, 0.6) is 5.75 Å². The lowest BCUT2D eigenvalue weighted by Crippen LogP contribution is -2.41. The van der Waals surface area contributed by atoms with E-state index in [9.17, 15) is 32.3 Å². The molecule has 1 aromatic heterocycles. The van der Waals surface area contributed by atoms with Crippen molar-refractivity contribution in [3.63, 3.8) is 0 Å². The fourth-order valence-electron chi connectivity index (χ4n) is 7.00. The number of aromatic nitrogens is 2. The van der Waals surface area contributed by atoms with Crippen LogP contribution < -0.4 is 15.4 Å². The highest BCUT2D eigenvalue weighted by Gasteiger charge is 2.53. The van der Waals surface area contributed by atoms with Gasteiger partial charge in [0.1, 0.15) is 17.1 Å². The molecule has 1 amide bonds. The molecule has 2 aromatic carbocycles. The summed E-state index contributed by atoms with van der Waals surface area (Å²) in [7, 11) is -1.29. The molecule has 2 heterocycles. The summed E-state index contributed by atoms with van der Waals surface area (Å²) in [5.41, 5.74) is 1.36. The van der Waals surface area contributed by atoms with E-state index >= 15 is 0 Å². The topological polar surface area (TPSA) is 137 Å². The normalized spacial score (nSPS) is 21.9. The van der Waals surface area contributed by atoms with Crippen molar-refractivity contribution in [1.29, 1.82) is 0 Å². The molecule has 4 N–H and O–H groups in total. The van der Waals surface area contributed by atoms with Crippen molar-refractivity contribution in [2.75, 3.05) is 24.8 Å². The van der Waals surface area contributed by atoms with Crippen molar-refractivity contribution < 1.29 is 37.1 Å². The minimum atomic E-state index is -4.78. The molecule has 3 unspecified atom stereocenters. The highest BCUT2D eigenvalue weighted by atomic mass is 31.2. The number of halogens is 3. The van der Waals surface area contributed by atoms with Crippen molar-refractivity contribution in [3.8, 4) is 5.75 Å². The number of para-hydroxylation sites is 2. The highest BCUT2D eigenvalue weighted by molar-refractivity contribution is 7.53. The molecule has 1 aliphatic heterocycles. The smallest absolute Gasteiger partial charge is 0.421 e. The van der Waals surface area contributed by atoms with Crippen LogP contribution in [0.15, 0.2) is 42.6 Å². The predicted octanol–water partition coefficient (Wildman–Crippen LogP) is 7.20. The highest BCUT2D eigenvalue weighted by Crippen LogP contribution is 2.64. The number of fused-ring (bicyclic) bond motifs is 1. The lowest BCUT2D eigenvalue weighted by atomic mass is 9.68. The molecule has 0 radical (unpaired) electrons. The first-order valence-corrected chi connectivity index (χ1v) is 16.4. The van der Waals surface area contributed by atoms with Crippen molar-refractivity contribution in [2.45, 2.75) is 69.7 Å². The molecule has 45 heavy (non-hydrogen) atoms. The zero-order valence-corrected chi connectivity index (χ0v) is 26.4. The van der Waals surface area contributed by atoms with Crippen LogP contribution in [0.1, 0.15) is 78.9 Å². The number of rotatable bonds is 9. The maximum absolute atomic E-state index is 14.1. The van der Waals surface area contributed by atoms with E-state index < -0.39 is 30.3 Å². The summed E-state index contributed by atoms with van der Waals surface area (Å²) in [6.07, 6.45) is -1.74. The molecule has 14 heteroatoms. The fourth-order valence-corrected chi connectivity index (χ4v) is 8.59. The monoisotopic (exact) mass is 647 g/mol. The van der Waals surface area contributed by atoms with Crippen LogP contribution in [-0.2, 0) is 17.3 Å². The molecule has 2 aliphatic rings. The number of anilines is 4. The first-order valence-electron chi connectivity index (χ1n) is 14.8. The zero-order chi connectivity index (χ0) is 32.7. The maximum atomic E-state index is 14.1. The van der Waals surface area contributed by atoms with Gasteiger partial charge in [-0.2, -0.15) is 18.2 Å². The number of nitrogens with one attached hydrogen (secondary N) is 2. The molecular weight excluding hydrogens is 610 g/mol. The Kier molecular flexibility index (Phi) is 8.91. The third kappa shape index (κ3) is 6.01. The van der Waals surface area contributed by atoms with E-state index in [4.69, 9.17) is 4.74 Å². The number of ether oxygens (including phenoxy) is 1. The maximum Gasteiger partial charge on any atom is 0.421 e. The number of alkyl halides is 3. The number of hydrogen-bond donors (Lipinski definition) is 4. The van der Waals surface area contributed by atoms with Gasteiger partial charge in [0, 0.05) is 19.8 Å². The standard InChI is InChI=1S/C31H37F3N5O5P/c1-5-19-15-18(13-14-30(19,6-2)45(41,42)43)20-11-12-24(26-21(20)17-39(3)28(26)40)36-27-22(31(32,33)34)16-35-29(38-27)37-23-9-7-8-10-25(23)44-4/h7-12,16,18-19H,5-6,13-15,17H2,1-4H3,(H2,41,42,43)(H2,35,36,37,38). The van der Waals surface area contributed by atoms with Gasteiger partial charge in [-0.15, -0.1) is 0 Å². The minimum absolute atomic E-state index is 0.0651. The predicted molar refractivity (Wildman–Crippen MR) is 164 cm³/mol. The molecule has 10 nitrogen and oxygen atoms in total. The Bertz CT molecular complexity index is 1650. The minimum Gasteiger partial charge on any atom is -0.495 e. The molecule has 242 valence electrons. The van der Waals surface area contributed by atoms with Crippen molar-refractivity contribution in [3.05, 3.63) is 64.8 Å². The number of amides is 1. The first kappa shape index (κ1) is 32.7. The summed E-state index contributed by atoms with van der Waals surface area (Å²) in [4.78, 5) is 43.6. The Hall–Kier alpha value is -3.67. The summed E-state index contributed by atoms with van der Waals surface area (Å²) in [5.74, 6) is -0.818. The van der Waals surface area contributed by atoms with Gasteiger partial charge in [-0.1, -0.05) is 38.5 Å². The van der Waals surface area contributed by atoms with Crippen LogP contribution in [0.4, 0.5) is 36.3 Å². The Morgan fingerprint density at radius 2 is 1.87 bits per heavy atom. The summed E-state index contributed by atoms with van der Waals surface area (Å²) < 4.78 is 60.3. The third-order valence-electron chi connectivity index (χ3n) is 9.39. The molecule has 1 aliphatic carbocycles. The molecule has 3 atom stereocenters. The van der Waals surface area contributed by atoms with Crippen LogP contribution >= 0.6 is 7.60 Å². The van der Waals surface area contributed by atoms with E-state index in [1.54, 1.807) is 37.4 Å². The molecule has 1 fully saturated rings. The lowest BCUT2D eigenvalue weighted by molar-refractivity contribution is -0.137. The molecule has 0 spiro atoms. The largest absolute Gasteiger partial charge is 0.495 e. The third-order valence-corrected chi connectivity index (χ3v) is 11.5. The second-order valence-corrected chi connectivity index (χ2v) is 13.7. The Balaban J connectivity index is 1.52. The molecular formula is C31H37F3N5O5P. The summed E-state index contributed by atoms with van der Waals surface area (Å²) in [6.45, 7) is 4.01. The Morgan fingerprint density at radius 3 is 2.51 bits per heavy atom. The van der Waals surface area contributed by atoms with E-state index in [2.05, 4.69) is 20.6 Å². The van der Waals surface area contributed by atoms with Gasteiger partial charge in [0.2, 0.25) is 5.95 Å². The van der Waals surface area contributed by atoms with Gasteiger partial charge in [0.05, 0.1) is 29.2 Å². The van der Waals surface area contributed by atoms with E-state index in [-0.39, 0.29) is 41.5 Å². The number of hydrogen-bond acceptors (Lipinski definition) is 7. The van der Waals surface area contributed by atoms with Gasteiger partial charge < -0.3 is 30.1 Å². The summed E-state index contributed by atoms with van der Waals surface area (Å²) in [6, 6.07) is 10.2. The number of nitrogens with zero attached hydrogens (tertiary/aromatic N) is 3. The molecule has 1 saturated carbocycles. The van der Waals surface area contributed by atoms with Gasteiger partial charge in [0.25, 0.3) is 5.91 Å². The van der Waals surface area contributed by atoms with Crippen LogP contribution in [0.2, 0.25) is 0 Å². The van der Waals surface area contributed by atoms with Crippen molar-refractivity contribution >= 4 is 36.6 Å². The molecule has 0 bridgehead atoms. The van der Waals surface area contributed by atoms with Crippen LogP contribution in [0.3, 0.4) is 0 Å². The molecule has 0 saturated heterocycles. The average molecular weight is 648 g/mol. The van der Waals surface area contributed by atoms with Gasteiger partial charge in [-0.05, 0) is 66.8 Å². The van der Waals surface area contributed by atoms with E-state index in [0.717, 1.165) is 5.56 Å². The van der Waals surface area contributed by atoms with Gasteiger partial charge in [-0.25, -0.2) is 4.98 Å². The van der Waals surface area contributed by atoms with Gasteiger partial charge >= 0.3 is 13.8 Å². The lowest BCUT2D eigenvalue weighted by Gasteiger charge is -2.46. The summed E-state index contributed by atoms with van der Waals surface area (Å²) in [5, 5.41) is 4.59. The zero-order valence-electron chi connectivity index (χ0n) is 25.5. The van der Waals surface area contributed by atoms with E-state index in [1.165, 1.54) is 12.0 Å². The number of carbonyl (C=O) groups excluding carboxylic acids is 1. The van der Waals surface area contributed by atoms with Gasteiger partial charge in [0.15, 0.2) is 0 Å². The van der Waals surface area contributed by atoms with Crippen LogP contribution in [0, 0.1) is 5.92 Å². The van der Waals surface area contributed by atoms with E-state index in [1.807, 2.05) is 19.9 Å². The Morgan fingerprint density at radius 1 is 1.13 bits per heavy atom. The van der Waals surface area contributed by atoms with Crippen molar-refractivity contribution in [2.24, 2.45) is 5.92 Å². The van der Waals surface area contributed by atoms with Crippen LogP contribution in [0.25, 0.3) is 0 Å². The first-order chi connectivity index (χ1) is 21.2. The average Bonchev–Trinajstić information content (AvgIpc) is 3.30. The second-order valence-electron chi connectivity index (χ2n) is 11.7. The van der Waals surface area contributed by atoms with Crippen LogP contribution in [-0.4, -0.2) is 49.9 Å². The second kappa shape index (κ2) is 12.3. The number of methoxy groups -OCH3 is 1. The van der Waals surface area contributed by atoms with E-state index in [0.29, 0.717) is 55.3 Å².